The van der Waals surface area contributed by atoms with Gasteiger partial charge in [0.25, 0.3) is 5.91 Å². The third kappa shape index (κ3) is 5.08. The fourth-order valence-corrected chi connectivity index (χ4v) is 4.74. The molecule has 0 spiro atoms. The summed E-state index contributed by atoms with van der Waals surface area (Å²) in [7, 11) is 0. The van der Waals surface area contributed by atoms with Crippen molar-refractivity contribution < 1.29 is 18.0 Å². The van der Waals surface area contributed by atoms with Crippen molar-refractivity contribution in [3.8, 4) is 10.4 Å². The summed E-state index contributed by atoms with van der Waals surface area (Å²) >= 11 is 1.63. The minimum atomic E-state index is -4.39. The fraction of sp³-hybridized carbons (Fsp3) is 0.115. The summed E-state index contributed by atoms with van der Waals surface area (Å²) in [6.07, 6.45) is 0.886. The van der Waals surface area contributed by atoms with Gasteiger partial charge in [-0.3, -0.25) is 4.79 Å². The number of nitrogens with one attached hydrogen (secondary N) is 3. The maximum Gasteiger partial charge on any atom is 0.416 e. The van der Waals surface area contributed by atoms with Crippen LogP contribution in [0, 0.1) is 0 Å². The van der Waals surface area contributed by atoms with E-state index in [0.717, 1.165) is 38.5 Å². The maximum absolute atomic E-state index is 12.8. The number of thiophene rings is 1. The quantitative estimate of drug-likeness (QED) is 0.243. The van der Waals surface area contributed by atoms with Crippen LogP contribution in [0.2, 0.25) is 0 Å². The van der Waals surface area contributed by atoms with Crippen molar-refractivity contribution in [2.45, 2.75) is 19.3 Å². The summed E-state index contributed by atoms with van der Waals surface area (Å²) in [5, 5.41) is 7.02. The molecule has 0 radical (unpaired) electrons. The fourth-order valence-electron chi connectivity index (χ4n) is 3.77. The van der Waals surface area contributed by atoms with Crippen molar-refractivity contribution in [2.75, 3.05) is 5.32 Å². The molecule has 0 saturated heterocycles. The zero-order valence-electron chi connectivity index (χ0n) is 18.8. The number of nitrogens with zero attached hydrogens (tertiary/aromatic N) is 2. The predicted octanol–water partition coefficient (Wildman–Crippen LogP) is 6.25. The van der Waals surface area contributed by atoms with Crippen LogP contribution in [0.3, 0.4) is 0 Å². The number of aromatic amines is 1. The number of benzene rings is 1. The summed E-state index contributed by atoms with van der Waals surface area (Å²) in [5.41, 5.74) is 2.10. The second-order valence-corrected chi connectivity index (χ2v) is 9.17. The molecule has 10 heteroatoms. The van der Waals surface area contributed by atoms with Crippen LogP contribution >= 0.6 is 11.3 Å². The largest absolute Gasteiger partial charge is 0.416 e. The molecule has 0 unspecified atom stereocenters. The highest BCUT2D eigenvalue weighted by atomic mass is 32.1. The molecule has 1 amide bonds. The molecule has 1 aromatic carbocycles. The molecule has 4 aromatic heterocycles. The minimum absolute atomic E-state index is 0.0963. The van der Waals surface area contributed by atoms with E-state index in [1.54, 1.807) is 35.9 Å². The van der Waals surface area contributed by atoms with Crippen molar-refractivity contribution >= 4 is 34.1 Å². The van der Waals surface area contributed by atoms with Gasteiger partial charge in [-0.15, -0.1) is 11.3 Å². The average molecular weight is 508 g/mol. The normalized spacial score (nSPS) is 11.5. The van der Waals surface area contributed by atoms with Gasteiger partial charge in [-0.1, -0.05) is 12.1 Å². The first-order valence-electron chi connectivity index (χ1n) is 11.0. The zero-order chi connectivity index (χ0) is 25.1. The molecular weight excluding hydrogens is 487 g/mol. The number of H-pyrrole nitrogens is 1. The molecule has 4 heterocycles. The predicted molar refractivity (Wildman–Crippen MR) is 134 cm³/mol. The lowest BCUT2D eigenvalue weighted by Gasteiger charge is -2.11. The molecule has 0 aliphatic carbocycles. The molecule has 6 nitrogen and oxygen atoms in total. The van der Waals surface area contributed by atoms with Gasteiger partial charge >= 0.3 is 6.18 Å². The highest BCUT2D eigenvalue weighted by molar-refractivity contribution is 7.15. The molecule has 0 saturated carbocycles. The number of carbonyl (C=O) groups is 1. The van der Waals surface area contributed by atoms with E-state index in [0.29, 0.717) is 23.5 Å². The summed E-state index contributed by atoms with van der Waals surface area (Å²) in [4.78, 5) is 26.8. The van der Waals surface area contributed by atoms with Crippen LogP contribution in [0.5, 0.6) is 0 Å². The summed E-state index contributed by atoms with van der Waals surface area (Å²) in [5.74, 6) is 0.0531. The summed E-state index contributed by atoms with van der Waals surface area (Å²) in [6, 6.07) is 16.0. The van der Waals surface area contributed by atoms with Crippen molar-refractivity contribution in [1.29, 1.82) is 0 Å². The van der Waals surface area contributed by atoms with Gasteiger partial charge in [0.2, 0.25) is 0 Å². The first-order chi connectivity index (χ1) is 17.4. The van der Waals surface area contributed by atoms with Gasteiger partial charge in [0.05, 0.1) is 17.7 Å². The Kier molecular flexibility index (Phi) is 6.43. The SMILES string of the molecule is O=C(NCc1ccc(C(F)(F)F)cc1)c1cccnc1NCc1ccc(-c2c[nH]c3ncccc23)s1. The Labute approximate surface area is 208 Å². The van der Waals surface area contributed by atoms with Crippen LogP contribution in [0.4, 0.5) is 19.0 Å². The molecule has 36 heavy (non-hydrogen) atoms. The molecule has 5 aromatic rings. The van der Waals surface area contributed by atoms with Gasteiger partial charge in [-0.05, 0) is 54.1 Å². The Hall–Kier alpha value is -4.18. The van der Waals surface area contributed by atoms with Crippen LogP contribution in [-0.4, -0.2) is 20.9 Å². The van der Waals surface area contributed by atoms with Gasteiger partial charge < -0.3 is 15.6 Å². The Bertz CT molecular complexity index is 1510. The minimum Gasteiger partial charge on any atom is -0.365 e. The molecular formula is C26H20F3N5OS. The van der Waals surface area contributed by atoms with E-state index in [4.69, 9.17) is 0 Å². The number of amides is 1. The average Bonchev–Trinajstić information content (AvgIpc) is 3.53. The van der Waals surface area contributed by atoms with E-state index in [-0.39, 0.29) is 12.5 Å². The van der Waals surface area contributed by atoms with Crippen molar-refractivity contribution in [1.82, 2.24) is 20.3 Å². The van der Waals surface area contributed by atoms with E-state index >= 15 is 0 Å². The lowest BCUT2D eigenvalue weighted by atomic mass is 10.1. The number of fused-ring (bicyclic) bond motifs is 1. The molecule has 5 rings (SSSR count). The highest BCUT2D eigenvalue weighted by Crippen LogP contribution is 2.33. The zero-order valence-corrected chi connectivity index (χ0v) is 19.6. The Morgan fingerprint density at radius 3 is 2.53 bits per heavy atom. The van der Waals surface area contributed by atoms with Crippen molar-refractivity contribution in [3.63, 3.8) is 0 Å². The Morgan fingerprint density at radius 2 is 1.72 bits per heavy atom. The Balaban J connectivity index is 1.23. The van der Waals surface area contributed by atoms with Gasteiger partial charge in [0, 0.05) is 45.8 Å². The standard InChI is InChI=1S/C26H20F3N5OS/c27-26(28,29)17-7-5-16(6-8-17)13-34-25(35)20-4-2-12-31-24(20)32-14-18-9-10-22(36-18)21-15-33-23-19(21)3-1-11-30-23/h1-12,15H,13-14H2,(H,30,33)(H,31,32)(H,34,35). The Morgan fingerprint density at radius 1 is 0.944 bits per heavy atom. The third-order valence-electron chi connectivity index (χ3n) is 5.59. The highest BCUT2D eigenvalue weighted by Gasteiger charge is 2.29. The first-order valence-corrected chi connectivity index (χ1v) is 11.8. The van der Waals surface area contributed by atoms with Crippen LogP contribution in [-0.2, 0) is 19.3 Å². The molecule has 0 atom stereocenters. The number of rotatable bonds is 7. The van der Waals surface area contributed by atoms with Crippen LogP contribution < -0.4 is 10.6 Å². The summed E-state index contributed by atoms with van der Waals surface area (Å²) in [6.45, 7) is 0.570. The molecule has 3 N–H and O–H groups in total. The topological polar surface area (TPSA) is 82.7 Å². The first kappa shape index (κ1) is 23.6. The molecule has 182 valence electrons. The van der Waals surface area contributed by atoms with E-state index in [9.17, 15) is 18.0 Å². The number of halogens is 3. The van der Waals surface area contributed by atoms with E-state index < -0.39 is 11.7 Å². The molecule has 0 aliphatic rings. The lowest BCUT2D eigenvalue weighted by molar-refractivity contribution is -0.137. The maximum atomic E-state index is 12.8. The second-order valence-electron chi connectivity index (χ2n) is 8.00. The molecule has 0 fully saturated rings. The number of hydrogen-bond acceptors (Lipinski definition) is 5. The van der Waals surface area contributed by atoms with Crippen LogP contribution in [0.1, 0.15) is 26.4 Å². The van der Waals surface area contributed by atoms with Crippen LogP contribution in [0.25, 0.3) is 21.5 Å². The third-order valence-corrected chi connectivity index (χ3v) is 6.71. The molecule has 0 aliphatic heterocycles. The molecule has 0 bridgehead atoms. The van der Waals surface area contributed by atoms with Gasteiger partial charge in [-0.2, -0.15) is 13.2 Å². The van der Waals surface area contributed by atoms with E-state index in [1.807, 2.05) is 30.5 Å². The van der Waals surface area contributed by atoms with E-state index in [1.165, 1.54) is 12.1 Å². The smallest absolute Gasteiger partial charge is 0.365 e. The van der Waals surface area contributed by atoms with Gasteiger partial charge in [-0.25, -0.2) is 9.97 Å². The van der Waals surface area contributed by atoms with Gasteiger partial charge in [0.1, 0.15) is 11.5 Å². The van der Waals surface area contributed by atoms with Crippen molar-refractivity contribution in [3.05, 3.63) is 101 Å². The number of alkyl halides is 3. The van der Waals surface area contributed by atoms with Crippen molar-refractivity contribution in [2.24, 2.45) is 0 Å². The number of carbonyl (C=O) groups excluding carboxylic acids is 1. The number of pyridine rings is 2. The number of aromatic nitrogens is 3. The number of anilines is 1. The van der Waals surface area contributed by atoms with Gasteiger partial charge in [0.15, 0.2) is 0 Å². The summed E-state index contributed by atoms with van der Waals surface area (Å²) < 4.78 is 38.2. The second kappa shape index (κ2) is 9.82. The van der Waals surface area contributed by atoms with E-state index in [2.05, 4.69) is 25.6 Å². The lowest BCUT2D eigenvalue weighted by Crippen LogP contribution is -2.24. The monoisotopic (exact) mass is 507 g/mol. The van der Waals surface area contributed by atoms with Crippen LogP contribution in [0.15, 0.2) is 79.3 Å². The number of hydrogen-bond donors (Lipinski definition) is 3.